The number of hydrogen-bond acceptors (Lipinski definition) is 12. The van der Waals surface area contributed by atoms with Crippen molar-refractivity contribution in [2.24, 2.45) is 23.5 Å². The van der Waals surface area contributed by atoms with Crippen LogP contribution in [0.1, 0.15) is 91.7 Å². The molecule has 0 radical (unpaired) electrons. The number of carboxylic acids is 1. The molecule has 0 unspecified atom stereocenters. The average molecular weight is 992 g/mol. The van der Waals surface area contributed by atoms with Crippen LogP contribution in [0.5, 0.6) is 5.75 Å². The number of carboxylic acid groups (broad SMARTS) is 1. The van der Waals surface area contributed by atoms with E-state index in [2.05, 4.69) is 31.9 Å². The predicted molar refractivity (Wildman–Crippen MR) is 261 cm³/mol. The van der Waals surface area contributed by atoms with Crippen LogP contribution in [0.25, 0.3) is 0 Å². The van der Waals surface area contributed by atoms with Crippen LogP contribution >= 0.6 is 0 Å². The summed E-state index contributed by atoms with van der Waals surface area (Å²) >= 11 is 0. The summed E-state index contributed by atoms with van der Waals surface area (Å²) in [5.74, 6) is -7.65. The number of carbonyl (C=O) groups excluding carboxylic acids is 8. The van der Waals surface area contributed by atoms with E-state index in [1.54, 1.807) is 64.1 Å². The third kappa shape index (κ3) is 16.5. The number of phenols is 1. The van der Waals surface area contributed by atoms with E-state index in [0.29, 0.717) is 18.4 Å². The Morgan fingerprint density at radius 1 is 0.620 bits per heavy atom. The molecular weight excluding hydrogens is 919 g/mol. The van der Waals surface area contributed by atoms with Crippen LogP contribution < -0.4 is 37.6 Å². The fraction of sp³-hybridized carbons (Fsp3) is 0.580. The Balaban J connectivity index is 1.41. The number of carbonyl (C=O) groups is 9. The smallest absolute Gasteiger partial charge is 0.326 e. The van der Waals surface area contributed by atoms with Gasteiger partial charge in [-0.3, -0.25) is 38.4 Å². The minimum atomic E-state index is -1.55. The standard InChI is InChI=1S/C50H73N9O12/c1-27(2)23-35(53-43(63)34(51)24-32-17-19-33(61)20-18-32)44(64)54-36(25-31-13-9-8-10-14-31)49(69)59-22-12-15-37(59)45(65)52-26-39(62)58-21-11-16-38(58)46(66)55-40(28(3)4)47(67)57-42(30(7)60)48(68)56-41(29(5)6)50(70)71/h8-10,13-14,17-20,27-30,34-38,40-42,60-61H,11-12,15-16,21-26,51H2,1-7H3,(H,52,65)(H,53,63)(H,54,64)(H,55,66)(H,56,68)(H,57,67)(H,70,71)/t30-,34+,35+,36+,37+,38+,40+,41+,42+/m1/s1. The van der Waals surface area contributed by atoms with E-state index in [4.69, 9.17) is 5.73 Å². The molecule has 0 aliphatic carbocycles. The second-order valence-electron chi connectivity index (χ2n) is 19.6. The second-order valence-corrected chi connectivity index (χ2v) is 19.6. The Kier molecular flexibility index (Phi) is 21.3. The van der Waals surface area contributed by atoms with Gasteiger partial charge in [0.2, 0.25) is 47.3 Å². The highest BCUT2D eigenvalue weighted by atomic mass is 16.4. The van der Waals surface area contributed by atoms with Gasteiger partial charge < -0.3 is 62.8 Å². The van der Waals surface area contributed by atoms with Gasteiger partial charge in [-0.05, 0) is 86.5 Å². The summed E-state index contributed by atoms with van der Waals surface area (Å²) in [6.45, 7) is 11.3. The number of hydrogen-bond donors (Lipinski definition) is 10. The van der Waals surface area contributed by atoms with Crippen LogP contribution in [0.15, 0.2) is 54.6 Å². The fourth-order valence-electron chi connectivity index (χ4n) is 8.69. The molecule has 2 aliphatic rings. The third-order valence-corrected chi connectivity index (χ3v) is 12.6. The van der Waals surface area contributed by atoms with Crippen LogP contribution in [-0.4, -0.2) is 152 Å². The van der Waals surface area contributed by atoms with Crippen molar-refractivity contribution in [2.75, 3.05) is 19.6 Å². The molecule has 2 aromatic rings. The maximum Gasteiger partial charge on any atom is 0.326 e. The van der Waals surface area contributed by atoms with Gasteiger partial charge in [-0.1, -0.05) is 84.0 Å². The number of benzene rings is 2. The zero-order valence-electron chi connectivity index (χ0n) is 41.7. The highest BCUT2D eigenvalue weighted by Gasteiger charge is 2.41. The van der Waals surface area contributed by atoms with Crippen molar-refractivity contribution >= 4 is 53.2 Å². The van der Waals surface area contributed by atoms with Crippen LogP contribution in [0.4, 0.5) is 0 Å². The highest BCUT2D eigenvalue weighted by Crippen LogP contribution is 2.22. The van der Waals surface area contributed by atoms with Crippen molar-refractivity contribution < 1.29 is 58.5 Å². The number of rotatable bonds is 24. The SMILES string of the molecule is CC(C)C[C@H](NC(=O)[C@@H](N)Cc1ccc(O)cc1)C(=O)N[C@@H](Cc1ccccc1)C(=O)N1CCC[C@H]1C(=O)NCC(=O)N1CCC[C@H]1C(=O)N[C@H](C(=O)N[C@H](C(=O)N[C@H](C(=O)O)C(C)C)[C@@H](C)O)C(C)C. The normalized spacial score (nSPS) is 18.6. The second kappa shape index (κ2) is 26.6. The van der Waals surface area contributed by atoms with Crippen molar-refractivity contribution in [3.8, 4) is 5.75 Å². The molecule has 4 rings (SSSR count). The van der Waals surface area contributed by atoms with E-state index in [0.717, 1.165) is 5.56 Å². The summed E-state index contributed by atoms with van der Waals surface area (Å²) in [6, 6.07) is 5.93. The minimum Gasteiger partial charge on any atom is -0.508 e. The fourth-order valence-corrected chi connectivity index (χ4v) is 8.69. The lowest BCUT2D eigenvalue weighted by Crippen LogP contribution is -2.61. The number of aromatic hydroxyl groups is 1. The monoisotopic (exact) mass is 992 g/mol. The van der Waals surface area contributed by atoms with E-state index >= 15 is 0 Å². The average Bonchev–Trinajstić information content (AvgIpc) is 4.02. The first-order valence-corrected chi connectivity index (χ1v) is 24.4. The lowest BCUT2D eigenvalue weighted by Gasteiger charge is -2.31. The molecule has 21 nitrogen and oxygen atoms in total. The van der Waals surface area contributed by atoms with Gasteiger partial charge in [0, 0.05) is 19.5 Å². The molecule has 71 heavy (non-hydrogen) atoms. The molecule has 9 atom stereocenters. The van der Waals surface area contributed by atoms with Crippen molar-refractivity contribution in [1.82, 2.24) is 41.7 Å². The van der Waals surface area contributed by atoms with Gasteiger partial charge in [-0.15, -0.1) is 0 Å². The van der Waals surface area contributed by atoms with Gasteiger partial charge >= 0.3 is 5.97 Å². The topological polar surface area (TPSA) is 319 Å². The number of likely N-dealkylation sites (tertiary alicyclic amines) is 2. The number of aliphatic carboxylic acids is 1. The zero-order chi connectivity index (χ0) is 52.7. The van der Waals surface area contributed by atoms with E-state index in [-0.39, 0.29) is 56.9 Å². The maximum atomic E-state index is 14.5. The van der Waals surface area contributed by atoms with Gasteiger partial charge in [0.05, 0.1) is 18.7 Å². The van der Waals surface area contributed by atoms with Gasteiger partial charge in [-0.25, -0.2) is 4.79 Å². The Labute approximate surface area is 414 Å². The number of nitrogens with zero attached hydrogens (tertiary/aromatic N) is 2. The first-order chi connectivity index (χ1) is 33.5. The molecular formula is C50H73N9O12. The number of aliphatic hydroxyl groups excluding tert-OH is 1. The Bertz CT molecular complexity index is 2190. The predicted octanol–water partition coefficient (Wildman–Crippen LogP) is -0.150. The summed E-state index contributed by atoms with van der Waals surface area (Å²) in [4.78, 5) is 124. The summed E-state index contributed by atoms with van der Waals surface area (Å²) in [5.41, 5.74) is 7.68. The highest BCUT2D eigenvalue weighted by molar-refractivity contribution is 5.98. The number of nitrogens with one attached hydrogen (secondary N) is 6. The summed E-state index contributed by atoms with van der Waals surface area (Å²) in [7, 11) is 0. The Hall–Kier alpha value is -6.61. The van der Waals surface area contributed by atoms with Crippen molar-refractivity contribution in [3.63, 3.8) is 0 Å². The summed E-state index contributed by atoms with van der Waals surface area (Å²) in [5, 5.41) is 45.2. The first kappa shape index (κ1) is 57.0. The van der Waals surface area contributed by atoms with E-state index in [9.17, 15) is 58.5 Å². The molecule has 21 heteroatoms. The van der Waals surface area contributed by atoms with Crippen LogP contribution in [0.2, 0.25) is 0 Å². The van der Waals surface area contributed by atoms with E-state index in [1.807, 2.05) is 19.9 Å². The van der Waals surface area contributed by atoms with Gasteiger partial charge in [0.15, 0.2) is 0 Å². The van der Waals surface area contributed by atoms with E-state index in [1.165, 1.54) is 28.9 Å². The lowest BCUT2D eigenvalue weighted by atomic mass is 9.99. The quantitative estimate of drug-likeness (QED) is 0.0656. The molecule has 2 heterocycles. The molecule has 0 spiro atoms. The van der Waals surface area contributed by atoms with Crippen LogP contribution in [0.3, 0.4) is 0 Å². The molecule has 0 aromatic heterocycles. The minimum absolute atomic E-state index is 0.0476. The van der Waals surface area contributed by atoms with Gasteiger partial charge in [0.25, 0.3) is 0 Å². The van der Waals surface area contributed by atoms with Gasteiger partial charge in [0.1, 0.15) is 48.0 Å². The number of amides is 8. The lowest BCUT2D eigenvalue weighted by molar-refractivity contribution is -0.144. The molecule has 8 amide bonds. The van der Waals surface area contributed by atoms with Crippen LogP contribution in [-0.2, 0) is 56.0 Å². The maximum absolute atomic E-state index is 14.5. The van der Waals surface area contributed by atoms with Crippen molar-refractivity contribution in [3.05, 3.63) is 65.7 Å². The van der Waals surface area contributed by atoms with Gasteiger partial charge in [-0.2, -0.15) is 0 Å². The molecule has 2 fully saturated rings. The molecule has 390 valence electrons. The molecule has 2 aliphatic heterocycles. The molecule has 2 saturated heterocycles. The largest absolute Gasteiger partial charge is 0.508 e. The Morgan fingerprint density at radius 2 is 1.15 bits per heavy atom. The number of phenolic OH excluding ortho intramolecular Hbond substituents is 1. The third-order valence-electron chi connectivity index (χ3n) is 12.6. The molecule has 2 aromatic carbocycles. The Morgan fingerprint density at radius 3 is 1.72 bits per heavy atom. The van der Waals surface area contributed by atoms with Crippen LogP contribution in [0, 0.1) is 17.8 Å². The summed E-state index contributed by atoms with van der Waals surface area (Å²) < 4.78 is 0. The molecule has 0 saturated carbocycles. The molecule has 11 N–H and O–H groups in total. The van der Waals surface area contributed by atoms with Crippen molar-refractivity contribution in [1.29, 1.82) is 0 Å². The molecule has 0 bridgehead atoms. The first-order valence-electron chi connectivity index (χ1n) is 24.4. The van der Waals surface area contributed by atoms with E-state index < -0.39 is 126 Å². The van der Waals surface area contributed by atoms with Crippen molar-refractivity contribution in [2.45, 2.75) is 148 Å². The number of aliphatic hydroxyl groups is 1. The zero-order valence-corrected chi connectivity index (χ0v) is 41.7. The summed E-state index contributed by atoms with van der Waals surface area (Å²) in [6.07, 6.45) is 0.415. The number of nitrogens with two attached hydrogens (primary N) is 1.